The Morgan fingerprint density at radius 3 is 2.47 bits per heavy atom. The molecule has 1 atom stereocenters. The van der Waals surface area contributed by atoms with E-state index in [1.54, 1.807) is 6.07 Å². The summed E-state index contributed by atoms with van der Waals surface area (Å²) < 4.78 is 0. The van der Waals surface area contributed by atoms with E-state index in [0.717, 1.165) is 31.6 Å². The molecule has 1 unspecified atom stereocenters. The van der Waals surface area contributed by atoms with Gasteiger partial charge in [-0.15, -0.1) is 12.4 Å². The lowest BCUT2D eigenvalue weighted by molar-refractivity contribution is -0.141. The first-order valence-corrected chi connectivity index (χ1v) is 11.2. The molecule has 4 rings (SSSR count). The highest BCUT2D eigenvalue weighted by Crippen LogP contribution is 2.40. The van der Waals surface area contributed by atoms with Crippen molar-refractivity contribution in [2.24, 2.45) is 0 Å². The molecule has 162 valence electrons. The maximum Gasteiger partial charge on any atom is 0.228 e. The van der Waals surface area contributed by atoms with Crippen LogP contribution in [0, 0.1) is 0 Å². The SMILES string of the molecule is CC1(C)Cc2ccccc2C(CN2CCCC2)N1C(=O)Cc1ccc(Cl)c(Cl)c1.Cl. The lowest BCUT2D eigenvalue weighted by atomic mass is 9.80. The van der Waals surface area contributed by atoms with Crippen LogP contribution in [-0.2, 0) is 17.6 Å². The standard InChI is InChI=1S/C24H28Cl2N2O.ClH/c1-24(2)15-18-7-3-4-8-19(18)22(16-27-11-5-6-12-27)28(24)23(29)14-17-9-10-20(25)21(26)13-17;/h3-4,7-10,13,22H,5-6,11-12,14-16H2,1-2H3;1H. The number of rotatable bonds is 4. The van der Waals surface area contributed by atoms with Crippen LogP contribution in [0.3, 0.4) is 0 Å². The summed E-state index contributed by atoms with van der Waals surface area (Å²) in [4.78, 5) is 18.2. The van der Waals surface area contributed by atoms with Crippen LogP contribution in [-0.4, -0.2) is 40.9 Å². The van der Waals surface area contributed by atoms with Gasteiger partial charge in [0, 0.05) is 12.1 Å². The zero-order chi connectivity index (χ0) is 20.6. The van der Waals surface area contributed by atoms with Gasteiger partial charge in [-0.1, -0.05) is 53.5 Å². The van der Waals surface area contributed by atoms with E-state index in [9.17, 15) is 4.79 Å². The summed E-state index contributed by atoms with van der Waals surface area (Å²) in [5, 5.41) is 1.01. The Hall–Kier alpha value is -1.26. The molecule has 6 heteroatoms. The van der Waals surface area contributed by atoms with Gasteiger partial charge in [-0.25, -0.2) is 0 Å². The average Bonchev–Trinajstić information content (AvgIpc) is 3.17. The quantitative estimate of drug-likeness (QED) is 0.554. The van der Waals surface area contributed by atoms with E-state index in [-0.39, 0.29) is 29.9 Å². The monoisotopic (exact) mass is 466 g/mol. The van der Waals surface area contributed by atoms with Crippen molar-refractivity contribution in [3.8, 4) is 0 Å². The van der Waals surface area contributed by atoms with Crippen molar-refractivity contribution in [2.75, 3.05) is 19.6 Å². The summed E-state index contributed by atoms with van der Waals surface area (Å²) in [6, 6.07) is 14.2. The highest BCUT2D eigenvalue weighted by atomic mass is 35.5. The minimum absolute atomic E-state index is 0. The number of amides is 1. The van der Waals surface area contributed by atoms with Crippen LogP contribution >= 0.6 is 35.6 Å². The average molecular weight is 468 g/mol. The van der Waals surface area contributed by atoms with E-state index in [4.69, 9.17) is 23.2 Å². The normalized spacial score (nSPS) is 20.5. The second-order valence-electron chi connectivity index (χ2n) is 8.90. The first-order valence-electron chi connectivity index (χ1n) is 10.4. The molecule has 0 aromatic heterocycles. The van der Waals surface area contributed by atoms with Crippen molar-refractivity contribution in [1.82, 2.24) is 9.80 Å². The Morgan fingerprint density at radius 2 is 1.77 bits per heavy atom. The molecule has 2 aliphatic rings. The van der Waals surface area contributed by atoms with E-state index in [0.29, 0.717) is 16.5 Å². The first-order chi connectivity index (χ1) is 13.8. The number of likely N-dealkylation sites (tertiary alicyclic amines) is 1. The predicted molar refractivity (Wildman–Crippen MR) is 127 cm³/mol. The zero-order valence-corrected chi connectivity index (χ0v) is 19.9. The Balaban J connectivity index is 0.00000256. The van der Waals surface area contributed by atoms with Crippen molar-refractivity contribution in [3.63, 3.8) is 0 Å². The summed E-state index contributed by atoms with van der Waals surface area (Å²) in [5.41, 5.74) is 3.31. The van der Waals surface area contributed by atoms with Crippen LogP contribution in [0.25, 0.3) is 0 Å². The summed E-state index contributed by atoms with van der Waals surface area (Å²) in [6.45, 7) is 7.51. The van der Waals surface area contributed by atoms with Crippen molar-refractivity contribution in [3.05, 3.63) is 69.2 Å². The van der Waals surface area contributed by atoms with Gasteiger partial charge in [0.2, 0.25) is 5.91 Å². The van der Waals surface area contributed by atoms with Gasteiger partial charge in [0.05, 0.1) is 22.5 Å². The van der Waals surface area contributed by atoms with Crippen LogP contribution in [0.15, 0.2) is 42.5 Å². The fourth-order valence-electron chi connectivity index (χ4n) is 4.94. The first kappa shape index (κ1) is 23.4. The van der Waals surface area contributed by atoms with Gasteiger partial charge in [-0.05, 0) is 75.0 Å². The number of halogens is 3. The fourth-order valence-corrected chi connectivity index (χ4v) is 5.26. The largest absolute Gasteiger partial charge is 0.329 e. The lowest BCUT2D eigenvalue weighted by Crippen LogP contribution is -2.56. The van der Waals surface area contributed by atoms with Gasteiger partial charge in [0.25, 0.3) is 0 Å². The predicted octanol–water partition coefficient (Wildman–Crippen LogP) is 5.96. The van der Waals surface area contributed by atoms with Crippen LogP contribution in [0.1, 0.15) is 49.4 Å². The number of hydrogen-bond acceptors (Lipinski definition) is 2. The summed E-state index contributed by atoms with van der Waals surface area (Å²) in [5.74, 6) is 0.145. The van der Waals surface area contributed by atoms with Gasteiger partial charge >= 0.3 is 0 Å². The Morgan fingerprint density at radius 1 is 1.07 bits per heavy atom. The molecule has 0 saturated carbocycles. The van der Waals surface area contributed by atoms with Gasteiger partial charge in [-0.2, -0.15) is 0 Å². The van der Waals surface area contributed by atoms with Gasteiger partial charge < -0.3 is 9.80 Å². The molecule has 0 bridgehead atoms. The van der Waals surface area contributed by atoms with Gasteiger partial charge in [0.15, 0.2) is 0 Å². The van der Waals surface area contributed by atoms with Crippen molar-refractivity contribution in [2.45, 2.75) is 51.1 Å². The highest BCUT2D eigenvalue weighted by molar-refractivity contribution is 6.42. The highest BCUT2D eigenvalue weighted by Gasteiger charge is 2.42. The van der Waals surface area contributed by atoms with Crippen molar-refractivity contribution in [1.29, 1.82) is 0 Å². The summed E-state index contributed by atoms with van der Waals surface area (Å²) in [6.07, 6.45) is 3.69. The van der Waals surface area contributed by atoms with Crippen LogP contribution in [0.2, 0.25) is 10.0 Å². The molecule has 1 fully saturated rings. The molecule has 2 heterocycles. The Kier molecular flexibility index (Phi) is 7.40. The number of fused-ring (bicyclic) bond motifs is 1. The van der Waals surface area contributed by atoms with E-state index >= 15 is 0 Å². The minimum atomic E-state index is -0.244. The Bertz CT molecular complexity index is 909. The van der Waals surface area contributed by atoms with E-state index in [2.05, 4.69) is 47.9 Å². The topological polar surface area (TPSA) is 23.6 Å². The molecule has 0 aliphatic carbocycles. The molecule has 2 aliphatic heterocycles. The van der Waals surface area contributed by atoms with Crippen LogP contribution in [0.5, 0.6) is 0 Å². The number of carbonyl (C=O) groups is 1. The van der Waals surface area contributed by atoms with E-state index in [1.165, 1.54) is 24.0 Å². The maximum atomic E-state index is 13.6. The molecule has 1 amide bonds. The number of hydrogen-bond donors (Lipinski definition) is 0. The summed E-state index contributed by atoms with van der Waals surface area (Å²) in [7, 11) is 0. The minimum Gasteiger partial charge on any atom is -0.329 e. The lowest BCUT2D eigenvalue weighted by Gasteiger charge is -2.49. The second-order valence-corrected chi connectivity index (χ2v) is 9.71. The molecule has 3 nitrogen and oxygen atoms in total. The van der Waals surface area contributed by atoms with Crippen LogP contribution < -0.4 is 0 Å². The van der Waals surface area contributed by atoms with Gasteiger partial charge in [-0.3, -0.25) is 4.79 Å². The summed E-state index contributed by atoms with van der Waals surface area (Å²) >= 11 is 12.2. The maximum absolute atomic E-state index is 13.6. The van der Waals surface area contributed by atoms with Gasteiger partial charge in [0.1, 0.15) is 0 Å². The number of nitrogens with zero attached hydrogens (tertiary/aromatic N) is 2. The fraction of sp³-hybridized carbons (Fsp3) is 0.458. The van der Waals surface area contributed by atoms with Crippen LogP contribution in [0.4, 0.5) is 0 Å². The van der Waals surface area contributed by atoms with E-state index in [1.807, 2.05) is 12.1 Å². The second kappa shape index (κ2) is 9.48. The molecule has 2 aromatic rings. The smallest absolute Gasteiger partial charge is 0.228 e. The molecular formula is C24H29Cl3N2O. The molecule has 0 radical (unpaired) electrons. The molecule has 0 spiro atoms. The molecule has 2 aromatic carbocycles. The Labute approximate surface area is 195 Å². The van der Waals surface area contributed by atoms with Crippen molar-refractivity contribution < 1.29 is 4.79 Å². The zero-order valence-electron chi connectivity index (χ0n) is 17.5. The molecular weight excluding hydrogens is 439 g/mol. The third kappa shape index (κ3) is 4.80. The molecule has 0 N–H and O–H groups in total. The van der Waals surface area contributed by atoms with Crippen molar-refractivity contribution >= 4 is 41.5 Å². The molecule has 30 heavy (non-hydrogen) atoms. The van der Waals surface area contributed by atoms with E-state index < -0.39 is 0 Å². The third-order valence-electron chi connectivity index (χ3n) is 6.24. The molecule has 1 saturated heterocycles. The third-order valence-corrected chi connectivity index (χ3v) is 6.98. The number of benzene rings is 2. The number of carbonyl (C=O) groups excluding carboxylic acids is 1.